The van der Waals surface area contributed by atoms with E-state index in [1.165, 1.54) is 5.69 Å². The van der Waals surface area contributed by atoms with Crippen LogP contribution in [0, 0.1) is 0 Å². The van der Waals surface area contributed by atoms with Gasteiger partial charge in [-0.3, -0.25) is 9.69 Å². The van der Waals surface area contributed by atoms with Gasteiger partial charge in [0.25, 0.3) is 5.91 Å². The van der Waals surface area contributed by atoms with Crippen molar-refractivity contribution in [3.05, 3.63) is 59.1 Å². The minimum atomic E-state index is -0.398. The molecule has 5 nitrogen and oxygen atoms in total. The fraction of sp³-hybridized carbons (Fsp3) is 0.350. The molecule has 0 atom stereocenters. The zero-order chi connectivity index (χ0) is 18.4. The van der Waals surface area contributed by atoms with E-state index in [0.29, 0.717) is 5.56 Å². The molecule has 1 fully saturated rings. The van der Waals surface area contributed by atoms with Crippen LogP contribution in [0.25, 0.3) is 0 Å². The first kappa shape index (κ1) is 18.5. The molecule has 1 aliphatic heterocycles. The number of nitrogens with zero attached hydrogens (tertiary/aromatic N) is 2. The number of nitrogens with one attached hydrogen (secondary N) is 1. The summed E-state index contributed by atoms with van der Waals surface area (Å²) in [7, 11) is 0. The van der Waals surface area contributed by atoms with Crippen molar-refractivity contribution < 1.29 is 4.79 Å². The summed E-state index contributed by atoms with van der Waals surface area (Å²) >= 11 is 6.09. The van der Waals surface area contributed by atoms with E-state index in [0.717, 1.165) is 56.4 Å². The van der Waals surface area contributed by atoms with Crippen LogP contribution in [0.5, 0.6) is 0 Å². The highest BCUT2D eigenvalue weighted by molar-refractivity contribution is 6.30. The Hall–Kier alpha value is -2.24. The molecule has 2 aromatic carbocycles. The molecule has 0 aromatic heterocycles. The zero-order valence-electron chi connectivity index (χ0n) is 14.8. The fourth-order valence-electron chi connectivity index (χ4n) is 3.28. The van der Waals surface area contributed by atoms with Gasteiger partial charge in [-0.15, -0.1) is 0 Å². The molecule has 0 saturated carbocycles. The highest BCUT2D eigenvalue weighted by Crippen LogP contribution is 2.21. The van der Waals surface area contributed by atoms with Crippen molar-refractivity contribution in [1.82, 2.24) is 4.90 Å². The Labute approximate surface area is 159 Å². The number of benzene rings is 2. The van der Waals surface area contributed by atoms with Gasteiger partial charge in [-0.1, -0.05) is 29.8 Å². The largest absolute Gasteiger partial charge is 0.384 e. The van der Waals surface area contributed by atoms with Crippen molar-refractivity contribution in [1.29, 1.82) is 0 Å². The second kappa shape index (κ2) is 8.92. The van der Waals surface area contributed by atoms with Gasteiger partial charge < -0.3 is 16.0 Å². The second-order valence-electron chi connectivity index (χ2n) is 6.50. The number of halogens is 1. The van der Waals surface area contributed by atoms with Gasteiger partial charge in [0.2, 0.25) is 0 Å². The van der Waals surface area contributed by atoms with Crippen molar-refractivity contribution in [3.8, 4) is 0 Å². The molecule has 0 bridgehead atoms. The van der Waals surface area contributed by atoms with Gasteiger partial charge in [0.15, 0.2) is 0 Å². The van der Waals surface area contributed by atoms with E-state index in [1.54, 1.807) is 6.07 Å². The lowest BCUT2D eigenvalue weighted by atomic mass is 10.1. The molecule has 26 heavy (non-hydrogen) atoms. The summed E-state index contributed by atoms with van der Waals surface area (Å²) in [5, 5.41) is 4.11. The number of carbonyl (C=O) groups excluding carboxylic acids is 1. The molecule has 1 aliphatic rings. The molecule has 0 unspecified atom stereocenters. The highest BCUT2D eigenvalue weighted by Gasteiger charge is 2.17. The Bertz CT molecular complexity index is 744. The molecule has 1 amide bonds. The Morgan fingerprint density at radius 1 is 1.08 bits per heavy atom. The van der Waals surface area contributed by atoms with E-state index in [4.69, 9.17) is 17.3 Å². The predicted molar refractivity (Wildman–Crippen MR) is 108 cm³/mol. The minimum absolute atomic E-state index is 0.398. The minimum Gasteiger partial charge on any atom is -0.384 e. The number of hydrogen-bond donors (Lipinski definition) is 2. The summed E-state index contributed by atoms with van der Waals surface area (Å²) in [6.07, 6.45) is 1.02. The van der Waals surface area contributed by atoms with Crippen molar-refractivity contribution in [2.45, 2.75) is 6.42 Å². The van der Waals surface area contributed by atoms with E-state index in [1.807, 2.05) is 36.4 Å². The molecular weight excluding hydrogens is 348 g/mol. The number of hydrogen-bond acceptors (Lipinski definition) is 4. The molecule has 1 heterocycles. The molecule has 3 N–H and O–H groups in total. The van der Waals surface area contributed by atoms with E-state index < -0.39 is 5.91 Å². The van der Waals surface area contributed by atoms with Crippen molar-refractivity contribution in [2.24, 2.45) is 5.73 Å². The number of para-hydroxylation sites is 1. The molecule has 3 rings (SSSR count). The van der Waals surface area contributed by atoms with E-state index in [-0.39, 0.29) is 0 Å². The van der Waals surface area contributed by atoms with Crippen LogP contribution in [-0.2, 0) is 0 Å². The maximum Gasteiger partial charge on any atom is 0.250 e. The maximum absolute atomic E-state index is 11.4. The molecule has 0 spiro atoms. The summed E-state index contributed by atoms with van der Waals surface area (Å²) in [6, 6.07) is 15.4. The lowest BCUT2D eigenvalue weighted by Gasteiger charge is -2.36. The molecule has 138 valence electrons. The molecule has 6 heteroatoms. The van der Waals surface area contributed by atoms with Crippen LogP contribution in [0.4, 0.5) is 11.4 Å². The maximum atomic E-state index is 11.4. The predicted octanol–water partition coefficient (Wildman–Crippen LogP) is 3.06. The Morgan fingerprint density at radius 2 is 1.85 bits per heavy atom. The van der Waals surface area contributed by atoms with Gasteiger partial charge in [0.1, 0.15) is 0 Å². The average Bonchev–Trinajstić information content (AvgIpc) is 2.66. The van der Waals surface area contributed by atoms with Crippen molar-refractivity contribution >= 4 is 28.9 Å². The standard InChI is InChI=1S/C20H25ClN4O/c21-16-5-3-6-17(15-16)25-13-11-24(12-14-25)10-4-9-23-19-8-2-1-7-18(19)20(22)26/h1-3,5-8,15,23H,4,9-14H2,(H2,22,26). The van der Waals surface area contributed by atoms with Crippen molar-refractivity contribution in [3.63, 3.8) is 0 Å². The number of amides is 1. The van der Waals surface area contributed by atoms with Crippen LogP contribution >= 0.6 is 11.6 Å². The first-order valence-corrected chi connectivity index (χ1v) is 9.37. The summed E-state index contributed by atoms with van der Waals surface area (Å²) < 4.78 is 0. The van der Waals surface area contributed by atoms with Crippen LogP contribution in [0.2, 0.25) is 5.02 Å². The van der Waals surface area contributed by atoms with Gasteiger partial charge >= 0.3 is 0 Å². The molecule has 0 radical (unpaired) electrons. The SMILES string of the molecule is NC(=O)c1ccccc1NCCCN1CCN(c2cccc(Cl)c2)CC1. The Balaban J connectivity index is 1.40. The van der Waals surface area contributed by atoms with Gasteiger partial charge in [-0.05, 0) is 43.3 Å². The number of primary amides is 1. The van der Waals surface area contributed by atoms with Crippen LogP contribution in [0.15, 0.2) is 48.5 Å². The number of piperazine rings is 1. The van der Waals surface area contributed by atoms with Crippen LogP contribution < -0.4 is 16.0 Å². The van der Waals surface area contributed by atoms with Crippen LogP contribution in [0.1, 0.15) is 16.8 Å². The molecule has 0 aliphatic carbocycles. The molecule has 1 saturated heterocycles. The lowest BCUT2D eigenvalue weighted by Crippen LogP contribution is -2.46. The number of rotatable bonds is 7. The summed E-state index contributed by atoms with van der Waals surface area (Å²) in [5.74, 6) is -0.398. The van der Waals surface area contributed by atoms with Crippen LogP contribution in [-0.4, -0.2) is 50.1 Å². The zero-order valence-corrected chi connectivity index (χ0v) is 15.6. The summed E-state index contributed by atoms with van der Waals surface area (Å²) in [6.45, 7) is 5.97. The number of nitrogens with two attached hydrogens (primary N) is 1. The van der Waals surface area contributed by atoms with E-state index in [9.17, 15) is 4.79 Å². The van der Waals surface area contributed by atoms with Crippen LogP contribution in [0.3, 0.4) is 0 Å². The molecule has 2 aromatic rings. The topological polar surface area (TPSA) is 61.6 Å². The third kappa shape index (κ3) is 4.90. The van der Waals surface area contributed by atoms with E-state index in [2.05, 4.69) is 21.2 Å². The van der Waals surface area contributed by atoms with E-state index >= 15 is 0 Å². The van der Waals surface area contributed by atoms with Gasteiger partial charge in [0, 0.05) is 49.1 Å². The Morgan fingerprint density at radius 3 is 2.58 bits per heavy atom. The van der Waals surface area contributed by atoms with Gasteiger partial charge in [-0.25, -0.2) is 0 Å². The quantitative estimate of drug-likeness (QED) is 0.733. The number of carbonyl (C=O) groups is 1. The molecular formula is C20H25ClN4O. The first-order chi connectivity index (χ1) is 12.6. The smallest absolute Gasteiger partial charge is 0.250 e. The first-order valence-electron chi connectivity index (χ1n) is 8.99. The second-order valence-corrected chi connectivity index (χ2v) is 6.94. The number of anilines is 2. The van der Waals surface area contributed by atoms with Gasteiger partial charge in [0.05, 0.1) is 5.56 Å². The summed E-state index contributed by atoms with van der Waals surface area (Å²) in [4.78, 5) is 16.3. The monoisotopic (exact) mass is 372 g/mol. The van der Waals surface area contributed by atoms with Gasteiger partial charge in [-0.2, -0.15) is 0 Å². The fourth-order valence-corrected chi connectivity index (χ4v) is 3.46. The lowest BCUT2D eigenvalue weighted by molar-refractivity contribution is 0.100. The van der Waals surface area contributed by atoms with Crippen molar-refractivity contribution in [2.75, 3.05) is 49.5 Å². The third-order valence-corrected chi connectivity index (χ3v) is 4.94. The average molecular weight is 373 g/mol. The third-order valence-electron chi connectivity index (χ3n) is 4.70. The normalized spacial score (nSPS) is 15.0. The Kier molecular flexibility index (Phi) is 6.36. The highest BCUT2D eigenvalue weighted by atomic mass is 35.5. The summed E-state index contributed by atoms with van der Waals surface area (Å²) in [5.41, 5.74) is 7.96.